The highest BCUT2D eigenvalue weighted by atomic mass is 16.8. The summed E-state index contributed by atoms with van der Waals surface area (Å²) in [7, 11) is 0. The molecule has 5 aliphatic heterocycles. The lowest BCUT2D eigenvalue weighted by molar-refractivity contribution is -0.372. The van der Waals surface area contributed by atoms with Gasteiger partial charge in [-0.2, -0.15) is 0 Å². The molecule has 0 aromatic heterocycles. The first-order valence-electron chi connectivity index (χ1n) is 22.9. The van der Waals surface area contributed by atoms with E-state index in [0.717, 1.165) is 31.3 Å². The van der Waals surface area contributed by atoms with Crippen LogP contribution in [0.15, 0.2) is 11.6 Å². The van der Waals surface area contributed by atoms with E-state index in [4.69, 9.17) is 37.9 Å². The first-order valence-corrected chi connectivity index (χ1v) is 22.9. The van der Waals surface area contributed by atoms with Gasteiger partial charge in [-0.3, -0.25) is 0 Å². The molecule has 10 N–H and O–H groups in total. The Kier molecular flexibility index (Phi) is 12.4. The van der Waals surface area contributed by atoms with Crippen LogP contribution in [0.4, 0.5) is 0 Å². The second kappa shape index (κ2) is 16.7. The lowest BCUT2D eigenvalue weighted by Gasteiger charge is -2.60. The largest absolute Gasteiger partial charge is 0.393 e. The van der Waals surface area contributed by atoms with Crippen molar-refractivity contribution in [3.63, 3.8) is 0 Å². The Bertz CT molecular complexity index is 1660. The lowest BCUT2D eigenvalue weighted by atomic mass is 9.46. The smallest absolute Gasteiger partial charge is 0.200 e. The lowest BCUT2D eigenvalue weighted by Crippen LogP contribution is -2.65. The Morgan fingerprint density at radius 3 is 1.95 bits per heavy atom. The summed E-state index contributed by atoms with van der Waals surface area (Å²) in [4.78, 5) is 0. The second-order valence-electron chi connectivity index (χ2n) is 20.9. The third-order valence-corrected chi connectivity index (χ3v) is 17.5. The third-order valence-electron chi connectivity index (χ3n) is 17.5. The third kappa shape index (κ3) is 7.04. The average molecular weight is 887 g/mol. The number of rotatable bonds is 6. The molecule has 18 nitrogen and oxygen atoms in total. The summed E-state index contributed by atoms with van der Waals surface area (Å²) < 4.78 is 50.1. The predicted octanol–water partition coefficient (Wildman–Crippen LogP) is -1.21. The van der Waals surface area contributed by atoms with Crippen LogP contribution in [0.5, 0.6) is 0 Å². The number of allylic oxidation sites excluding steroid dienone is 1. The molecule has 0 aromatic rings. The summed E-state index contributed by atoms with van der Waals surface area (Å²) >= 11 is 0. The fraction of sp³-hybridized carbons (Fsp3) is 0.955. The maximum absolute atomic E-state index is 12.2. The van der Waals surface area contributed by atoms with Crippen LogP contribution < -0.4 is 0 Å². The number of aliphatic hydroxyl groups excluding tert-OH is 10. The van der Waals surface area contributed by atoms with Crippen molar-refractivity contribution in [2.45, 2.75) is 202 Å². The number of ether oxygens (including phenoxy) is 8. The van der Waals surface area contributed by atoms with E-state index >= 15 is 0 Å². The van der Waals surface area contributed by atoms with Crippen molar-refractivity contribution in [2.24, 2.45) is 46.3 Å². The number of fused-ring (bicyclic) bond motifs is 7. The minimum atomic E-state index is -1.66. The Balaban J connectivity index is 0.935. The predicted molar refractivity (Wildman–Crippen MR) is 211 cm³/mol. The van der Waals surface area contributed by atoms with Gasteiger partial charge in [-0.25, -0.2) is 0 Å². The standard InChI is InChI=1S/C44H70O18/c1-16-14-56-44(38(54)36(16)60-39-34(52)32(50)29(47)18(3)57-39)17(2)28-26(62-44)13-24-22-8-7-20-11-21(45)12-27(43(20,6)23(22)9-10-42(24,28)5)59-41-37(31(49)25(46)15-55-41)61-40-35(53)33(51)30(48)19(4)58-40/h7,16-19,21-41,45-54H,8-15H2,1-6H3/t16-,17+,18-,19+,21-,22-,23+,24+,25+,26+,27-,28+,29+,30+,31+,32+,33-,34-,35-,36+,37-,38+,39+,40+,41+,42+,43+,44+/m1/s1. The van der Waals surface area contributed by atoms with Crippen LogP contribution in [-0.4, -0.2) is 187 Å². The molecular weight excluding hydrogens is 816 g/mol. The zero-order valence-electron chi connectivity index (χ0n) is 36.4. The van der Waals surface area contributed by atoms with Crippen molar-refractivity contribution in [1.29, 1.82) is 0 Å². The van der Waals surface area contributed by atoms with Crippen LogP contribution >= 0.6 is 0 Å². The SMILES string of the molecule is C[C@@H]1CO[C@@]2(O[C@H]3C[C@H]4[C@@H]5CC=C6C[C@@H](O)C[C@@H](O[C@@H]7OC[C@H](O)[C@H](O)[C@H]7O[C@@H]7O[C@@H](C)[C@H](O)[C@@H](O)[C@H]7O)[C@]6(C)[C@H]5CC[C@]4(C)[C@H]3[C@@H]2C)[C@@H](O)[C@H]1O[C@@H]1O[C@H](C)[C@H](O)[C@H](O)[C@H]1O. The van der Waals surface area contributed by atoms with E-state index in [9.17, 15) is 51.1 Å². The van der Waals surface area contributed by atoms with Crippen LogP contribution in [0, 0.1) is 46.3 Å². The van der Waals surface area contributed by atoms with Gasteiger partial charge in [0, 0.05) is 23.7 Å². The molecule has 9 rings (SSSR count). The number of hydrogen-bond acceptors (Lipinski definition) is 18. The van der Waals surface area contributed by atoms with Crippen molar-refractivity contribution in [3.05, 3.63) is 11.6 Å². The van der Waals surface area contributed by atoms with Gasteiger partial charge in [-0.05, 0) is 75.0 Å². The van der Waals surface area contributed by atoms with E-state index < -0.39 is 122 Å². The molecule has 354 valence electrons. The average Bonchev–Trinajstić information content (AvgIpc) is 3.69. The molecule has 5 heterocycles. The van der Waals surface area contributed by atoms with Gasteiger partial charge < -0.3 is 89.0 Å². The van der Waals surface area contributed by atoms with Gasteiger partial charge in [0.1, 0.15) is 61.0 Å². The van der Waals surface area contributed by atoms with Crippen LogP contribution in [0.1, 0.15) is 80.1 Å². The first-order chi connectivity index (χ1) is 29.2. The van der Waals surface area contributed by atoms with Gasteiger partial charge in [0.2, 0.25) is 0 Å². The van der Waals surface area contributed by atoms with Crippen molar-refractivity contribution in [1.82, 2.24) is 0 Å². The monoisotopic (exact) mass is 886 g/mol. The van der Waals surface area contributed by atoms with Crippen LogP contribution in [0.3, 0.4) is 0 Å². The van der Waals surface area contributed by atoms with E-state index in [-0.39, 0.29) is 66.7 Å². The molecule has 0 radical (unpaired) electrons. The minimum absolute atomic E-state index is 0.0326. The minimum Gasteiger partial charge on any atom is -0.393 e. The van der Waals surface area contributed by atoms with E-state index in [2.05, 4.69) is 26.8 Å². The van der Waals surface area contributed by atoms with Crippen LogP contribution in [-0.2, 0) is 37.9 Å². The van der Waals surface area contributed by atoms with Gasteiger partial charge >= 0.3 is 0 Å². The summed E-state index contributed by atoms with van der Waals surface area (Å²) in [6, 6.07) is 0. The molecule has 8 fully saturated rings. The van der Waals surface area contributed by atoms with Crippen molar-refractivity contribution >= 4 is 0 Å². The Morgan fingerprint density at radius 1 is 0.677 bits per heavy atom. The second-order valence-corrected chi connectivity index (χ2v) is 20.9. The topological polar surface area (TPSA) is 276 Å². The van der Waals surface area contributed by atoms with Gasteiger partial charge in [0.05, 0.1) is 49.8 Å². The van der Waals surface area contributed by atoms with E-state index in [1.54, 1.807) is 6.92 Å². The van der Waals surface area contributed by atoms with Gasteiger partial charge in [-0.15, -0.1) is 0 Å². The van der Waals surface area contributed by atoms with Gasteiger partial charge in [-0.1, -0.05) is 39.3 Å². The summed E-state index contributed by atoms with van der Waals surface area (Å²) in [5.74, 6) is -1.31. The molecule has 62 heavy (non-hydrogen) atoms. The zero-order chi connectivity index (χ0) is 44.5. The molecule has 18 heteroatoms. The fourth-order valence-electron chi connectivity index (χ4n) is 14.0. The first kappa shape index (κ1) is 46.1. The highest BCUT2D eigenvalue weighted by Gasteiger charge is 2.72. The highest BCUT2D eigenvalue weighted by Crippen LogP contribution is 2.71. The highest BCUT2D eigenvalue weighted by molar-refractivity contribution is 5.29. The molecule has 5 saturated heterocycles. The normalized spacial score (nSPS) is 60.1. The fourth-order valence-corrected chi connectivity index (χ4v) is 14.0. The van der Waals surface area contributed by atoms with E-state index in [0.29, 0.717) is 6.42 Å². The summed E-state index contributed by atoms with van der Waals surface area (Å²) in [6.07, 6.45) is -16.2. The summed E-state index contributed by atoms with van der Waals surface area (Å²) in [5, 5.41) is 108. The van der Waals surface area contributed by atoms with Crippen molar-refractivity contribution in [3.8, 4) is 0 Å². The molecular formula is C44H70O18. The summed E-state index contributed by atoms with van der Waals surface area (Å²) in [6.45, 7) is 11.6. The van der Waals surface area contributed by atoms with E-state index in [1.807, 2.05) is 6.92 Å². The summed E-state index contributed by atoms with van der Waals surface area (Å²) in [5.41, 5.74) is 0.348. The van der Waals surface area contributed by atoms with Crippen molar-refractivity contribution in [2.75, 3.05) is 13.2 Å². The van der Waals surface area contributed by atoms with Gasteiger partial charge in [0.25, 0.3) is 0 Å². The van der Waals surface area contributed by atoms with Crippen LogP contribution in [0.2, 0.25) is 0 Å². The molecule has 0 aromatic carbocycles. The number of hydrogen-bond donors (Lipinski definition) is 10. The molecule has 1 spiro atoms. The van der Waals surface area contributed by atoms with Crippen molar-refractivity contribution < 1.29 is 89.0 Å². The molecule has 9 aliphatic rings. The zero-order valence-corrected chi connectivity index (χ0v) is 36.4. The quantitative estimate of drug-likeness (QED) is 0.140. The molecule has 3 saturated carbocycles. The van der Waals surface area contributed by atoms with E-state index in [1.165, 1.54) is 6.92 Å². The Hall–Kier alpha value is -0.980. The molecule has 4 aliphatic carbocycles. The molecule has 0 amide bonds. The molecule has 0 unspecified atom stereocenters. The maximum atomic E-state index is 12.2. The molecule has 0 bridgehead atoms. The van der Waals surface area contributed by atoms with Gasteiger partial charge in [0.15, 0.2) is 24.7 Å². The number of aliphatic hydroxyl groups is 10. The Morgan fingerprint density at radius 2 is 1.31 bits per heavy atom. The molecule has 28 atom stereocenters. The maximum Gasteiger partial charge on any atom is 0.200 e. The Labute approximate surface area is 362 Å². The van der Waals surface area contributed by atoms with Crippen LogP contribution in [0.25, 0.3) is 0 Å².